The predicted molar refractivity (Wildman–Crippen MR) is 61.2 cm³/mol. The molecule has 0 atom stereocenters. The Morgan fingerprint density at radius 2 is 2.07 bits per heavy atom. The summed E-state index contributed by atoms with van der Waals surface area (Å²) in [5, 5.41) is 0.427. The van der Waals surface area contributed by atoms with E-state index in [0.717, 1.165) is 0 Å². The molecule has 0 aromatic carbocycles. The molecule has 0 saturated heterocycles. The van der Waals surface area contributed by atoms with E-state index in [2.05, 4.69) is 4.98 Å². The normalized spacial score (nSPS) is 9.87. The first-order valence-electron chi connectivity index (χ1n) is 4.54. The Balaban J connectivity index is 2.69. The van der Waals surface area contributed by atoms with Gasteiger partial charge in [0, 0.05) is 21.1 Å². The van der Waals surface area contributed by atoms with Crippen LogP contribution in [0, 0.1) is 0 Å². The van der Waals surface area contributed by atoms with Gasteiger partial charge in [0.1, 0.15) is 11.0 Å². The van der Waals surface area contributed by atoms with Crippen LogP contribution in [0.3, 0.4) is 0 Å². The van der Waals surface area contributed by atoms with Crippen molar-refractivity contribution in [2.75, 3.05) is 32.6 Å². The molecule has 0 aliphatic heterocycles. The molecule has 15 heavy (non-hydrogen) atoms. The Morgan fingerprint density at radius 3 is 2.60 bits per heavy atom. The quantitative estimate of drug-likeness (QED) is 0.730. The molecule has 0 spiro atoms. The Labute approximate surface area is 94.5 Å². The first-order chi connectivity index (χ1) is 7.00. The number of hydrogen-bond donors (Lipinski definition) is 0. The van der Waals surface area contributed by atoms with E-state index < -0.39 is 0 Å². The summed E-state index contributed by atoms with van der Waals surface area (Å²) < 4.78 is 0. The van der Waals surface area contributed by atoms with Crippen molar-refractivity contribution in [1.29, 1.82) is 0 Å². The highest BCUT2D eigenvalue weighted by atomic mass is 35.5. The summed E-state index contributed by atoms with van der Waals surface area (Å²) in [6, 6.07) is 5.32. The zero-order chi connectivity index (χ0) is 11.4. The summed E-state index contributed by atoms with van der Waals surface area (Å²) >= 11 is 5.75. The van der Waals surface area contributed by atoms with Crippen molar-refractivity contribution in [3.05, 3.63) is 23.4 Å². The molecule has 1 aromatic heterocycles. The van der Waals surface area contributed by atoms with Crippen LogP contribution in [0.2, 0.25) is 5.15 Å². The monoisotopic (exact) mass is 227 g/mol. The Hall–Kier alpha value is -1.29. The lowest BCUT2D eigenvalue weighted by Crippen LogP contribution is -2.34. The van der Waals surface area contributed by atoms with Crippen LogP contribution >= 0.6 is 11.6 Å². The second kappa shape index (κ2) is 4.98. The Bertz CT molecular complexity index is 354. The third kappa shape index (κ3) is 3.40. The lowest BCUT2D eigenvalue weighted by molar-refractivity contribution is -0.127. The van der Waals surface area contributed by atoms with E-state index >= 15 is 0 Å². The zero-order valence-corrected chi connectivity index (χ0v) is 9.82. The first-order valence-corrected chi connectivity index (χ1v) is 4.92. The van der Waals surface area contributed by atoms with Crippen LogP contribution in [-0.2, 0) is 4.79 Å². The highest BCUT2D eigenvalue weighted by Gasteiger charge is 2.09. The van der Waals surface area contributed by atoms with Gasteiger partial charge in [-0.1, -0.05) is 17.7 Å². The molecule has 82 valence electrons. The maximum Gasteiger partial charge on any atom is 0.241 e. The fraction of sp³-hybridized carbons (Fsp3) is 0.400. The van der Waals surface area contributed by atoms with Crippen molar-refractivity contribution in [2.45, 2.75) is 0 Å². The van der Waals surface area contributed by atoms with E-state index in [1.54, 1.807) is 43.1 Å². The number of nitrogens with zero attached hydrogens (tertiary/aromatic N) is 3. The van der Waals surface area contributed by atoms with E-state index in [4.69, 9.17) is 11.6 Å². The predicted octanol–water partition coefficient (Wildman–Crippen LogP) is 1.26. The van der Waals surface area contributed by atoms with Crippen molar-refractivity contribution in [3.63, 3.8) is 0 Å². The largest absolute Gasteiger partial charge is 0.350 e. The number of carbonyl (C=O) groups is 1. The number of aromatic nitrogens is 1. The molecule has 0 unspecified atom stereocenters. The van der Waals surface area contributed by atoms with Gasteiger partial charge in [0.05, 0.1) is 6.54 Å². The standard InChI is InChI=1S/C10H14ClN3O/c1-13(2)10(15)7-14(3)9-6-4-5-8(11)12-9/h4-6H,7H2,1-3H3. The molecule has 4 nitrogen and oxygen atoms in total. The number of pyridine rings is 1. The van der Waals surface area contributed by atoms with Crippen LogP contribution < -0.4 is 4.90 Å². The lowest BCUT2D eigenvalue weighted by Gasteiger charge is -2.19. The molecule has 0 N–H and O–H groups in total. The number of rotatable bonds is 3. The third-order valence-corrected chi connectivity index (χ3v) is 2.17. The molecule has 0 fully saturated rings. The fourth-order valence-corrected chi connectivity index (χ4v) is 1.19. The summed E-state index contributed by atoms with van der Waals surface area (Å²) in [5.41, 5.74) is 0. The van der Waals surface area contributed by atoms with E-state index in [9.17, 15) is 4.79 Å². The fourth-order valence-electron chi connectivity index (χ4n) is 1.04. The minimum Gasteiger partial charge on any atom is -0.350 e. The van der Waals surface area contributed by atoms with Crippen LogP contribution in [-0.4, -0.2) is 43.5 Å². The second-order valence-electron chi connectivity index (χ2n) is 3.46. The average Bonchev–Trinajstić information content (AvgIpc) is 2.17. The van der Waals surface area contributed by atoms with Crippen LogP contribution in [0.4, 0.5) is 5.82 Å². The molecule has 0 saturated carbocycles. The summed E-state index contributed by atoms with van der Waals surface area (Å²) in [7, 11) is 5.25. The number of hydrogen-bond acceptors (Lipinski definition) is 3. The van der Waals surface area contributed by atoms with Crippen molar-refractivity contribution in [1.82, 2.24) is 9.88 Å². The van der Waals surface area contributed by atoms with Gasteiger partial charge in [0.15, 0.2) is 0 Å². The van der Waals surface area contributed by atoms with E-state index in [-0.39, 0.29) is 5.91 Å². The summed E-state index contributed by atoms with van der Waals surface area (Å²) in [6.45, 7) is 0.292. The van der Waals surface area contributed by atoms with Crippen LogP contribution in [0.5, 0.6) is 0 Å². The smallest absolute Gasteiger partial charge is 0.241 e. The molecular weight excluding hydrogens is 214 g/mol. The van der Waals surface area contributed by atoms with Gasteiger partial charge in [-0.2, -0.15) is 0 Å². The third-order valence-electron chi connectivity index (χ3n) is 1.96. The maximum atomic E-state index is 11.4. The van der Waals surface area contributed by atoms with Gasteiger partial charge in [-0.3, -0.25) is 4.79 Å². The minimum atomic E-state index is 0.0271. The molecule has 0 radical (unpaired) electrons. The molecule has 0 aliphatic rings. The average molecular weight is 228 g/mol. The first kappa shape index (κ1) is 11.8. The van der Waals surface area contributed by atoms with Crippen molar-refractivity contribution in [2.24, 2.45) is 0 Å². The van der Waals surface area contributed by atoms with Gasteiger partial charge >= 0.3 is 0 Å². The summed E-state index contributed by atoms with van der Waals surface area (Å²) in [4.78, 5) is 18.8. The highest BCUT2D eigenvalue weighted by molar-refractivity contribution is 6.29. The minimum absolute atomic E-state index is 0.0271. The van der Waals surface area contributed by atoms with E-state index in [0.29, 0.717) is 17.5 Å². The molecule has 1 amide bonds. The van der Waals surface area contributed by atoms with Crippen LogP contribution in [0.1, 0.15) is 0 Å². The Morgan fingerprint density at radius 1 is 1.40 bits per heavy atom. The molecular formula is C10H14ClN3O. The maximum absolute atomic E-state index is 11.4. The molecule has 1 aromatic rings. The second-order valence-corrected chi connectivity index (χ2v) is 3.85. The zero-order valence-electron chi connectivity index (χ0n) is 9.07. The molecule has 5 heteroatoms. The van der Waals surface area contributed by atoms with Crippen molar-refractivity contribution in [3.8, 4) is 0 Å². The lowest BCUT2D eigenvalue weighted by atomic mass is 10.4. The molecule has 1 rings (SSSR count). The van der Waals surface area contributed by atoms with Gasteiger partial charge in [-0.05, 0) is 12.1 Å². The summed E-state index contributed by atoms with van der Waals surface area (Å²) in [6.07, 6.45) is 0. The topological polar surface area (TPSA) is 36.4 Å². The van der Waals surface area contributed by atoms with Gasteiger partial charge < -0.3 is 9.80 Å². The molecule has 1 heterocycles. The van der Waals surface area contributed by atoms with E-state index in [1.165, 1.54) is 0 Å². The summed E-state index contributed by atoms with van der Waals surface area (Å²) in [5.74, 6) is 0.719. The van der Waals surface area contributed by atoms with Gasteiger partial charge in [-0.15, -0.1) is 0 Å². The van der Waals surface area contributed by atoms with Gasteiger partial charge in [-0.25, -0.2) is 4.98 Å². The van der Waals surface area contributed by atoms with Gasteiger partial charge in [0.2, 0.25) is 5.91 Å². The van der Waals surface area contributed by atoms with Crippen molar-refractivity contribution >= 4 is 23.3 Å². The SMILES string of the molecule is CN(C)C(=O)CN(C)c1cccc(Cl)n1. The highest BCUT2D eigenvalue weighted by Crippen LogP contribution is 2.12. The number of likely N-dealkylation sites (N-methyl/N-ethyl adjacent to an activating group) is 2. The van der Waals surface area contributed by atoms with Crippen LogP contribution in [0.15, 0.2) is 18.2 Å². The molecule has 0 bridgehead atoms. The number of anilines is 1. The van der Waals surface area contributed by atoms with Gasteiger partial charge in [0.25, 0.3) is 0 Å². The molecule has 0 aliphatic carbocycles. The number of amides is 1. The number of halogens is 1. The van der Waals surface area contributed by atoms with Crippen LogP contribution in [0.25, 0.3) is 0 Å². The van der Waals surface area contributed by atoms with E-state index in [1.807, 2.05) is 6.07 Å². The number of carbonyl (C=O) groups excluding carboxylic acids is 1. The Kier molecular flexibility index (Phi) is 3.91. The van der Waals surface area contributed by atoms with Crippen molar-refractivity contribution < 1.29 is 4.79 Å².